The van der Waals surface area contributed by atoms with Crippen molar-refractivity contribution in [3.63, 3.8) is 0 Å². The molecule has 0 aliphatic carbocycles. The Morgan fingerprint density at radius 1 is 1.28 bits per heavy atom. The van der Waals surface area contributed by atoms with E-state index in [-0.39, 0.29) is 11.8 Å². The summed E-state index contributed by atoms with van der Waals surface area (Å²) in [5, 5.41) is 9.17. The summed E-state index contributed by atoms with van der Waals surface area (Å²) in [6.45, 7) is 6.13. The maximum absolute atomic E-state index is 9.17. The Hall–Kier alpha value is -2.08. The normalized spacial score (nSPS) is 12.4. The van der Waals surface area contributed by atoms with Crippen molar-refractivity contribution in [1.29, 1.82) is 5.26 Å². The summed E-state index contributed by atoms with van der Waals surface area (Å²) in [6.07, 6.45) is 1.81. The molecule has 92 valence electrons. The van der Waals surface area contributed by atoms with Gasteiger partial charge in [0.05, 0.1) is 18.0 Å². The first-order valence-corrected chi connectivity index (χ1v) is 6.14. The third-order valence-corrected chi connectivity index (χ3v) is 3.13. The van der Waals surface area contributed by atoms with E-state index in [0.29, 0.717) is 0 Å². The van der Waals surface area contributed by atoms with Gasteiger partial charge in [-0.3, -0.25) is 0 Å². The quantitative estimate of drug-likeness (QED) is 0.888. The molecule has 0 spiro atoms. The Morgan fingerprint density at radius 3 is 2.61 bits per heavy atom. The SMILES string of the molecule is Cc1ccccc1-c1cnc(C(C#N)C(C)C)[nH]1. The summed E-state index contributed by atoms with van der Waals surface area (Å²) in [5.74, 6) is 0.833. The van der Waals surface area contributed by atoms with E-state index in [1.165, 1.54) is 5.56 Å². The number of nitrogens with one attached hydrogen (secondary N) is 1. The van der Waals surface area contributed by atoms with Gasteiger partial charge >= 0.3 is 0 Å². The molecular weight excluding hydrogens is 222 g/mol. The van der Waals surface area contributed by atoms with Crippen LogP contribution in [0.15, 0.2) is 30.5 Å². The van der Waals surface area contributed by atoms with Crippen LogP contribution in [0.2, 0.25) is 0 Å². The second-order valence-electron chi connectivity index (χ2n) is 4.85. The van der Waals surface area contributed by atoms with E-state index >= 15 is 0 Å². The van der Waals surface area contributed by atoms with Gasteiger partial charge in [0.25, 0.3) is 0 Å². The molecular formula is C15H17N3. The highest BCUT2D eigenvalue weighted by Crippen LogP contribution is 2.26. The van der Waals surface area contributed by atoms with Gasteiger partial charge < -0.3 is 4.98 Å². The average molecular weight is 239 g/mol. The number of aryl methyl sites for hydroxylation is 1. The summed E-state index contributed by atoms with van der Waals surface area (Å²) in [4.78, 5) is 7.62. The molecule has 1 unspecified atom stereocenters. The summed E-state index contributed by atoms with van der Waals surface area (Å²) in [7, 11) is 0. The lowest BCUT2D eigenvalue weighted by Gasteiger charge is -2.09. The van der Waals surface area contributed by atoms with E-state index in [4.69, 9.17) is 0 Å². The van der Waals surface area contributed by atoms with Crippen molar-refractivity contribution in [2.45, 2.75) is 26.7 Å². The Labute approximate surface area is 107 Å². The molecule has 1 aromatic carbocycles. The number of aromatic nitrogens is 2. The Bertz CT molecular complexity index is 575. The third-order valence-electron chi connectivity index (χ3n) is 3.13. The predicted octanol–water partition coefficient (Wildman–Crippen LogP) is 3.65. The van der Waals surface area contributed by atoms with Crippen LogP contribution < -0.4 is 0 Å². The highest BCUT2D eigenvalue weighted by molar-refractivity contribution is 5.62. The van der Waals surface area contributed by atoms with Crippen LogP contribution in [0.25, 0.3) is 11.3 Å². The van der Waals surface area contributed by atoms with Gasteiger partial charge in [0.2, 0.25) is 0 Å². The van der Waals surface area contributed by atoms with Crippen LogP contribution in [0, 0.1) is 24.2 Å². The first-order valence-electron chi connectivity index (χ1n) is 6.14. The summed E-state index contributed by atoms with van der Waals surface area (Å²) < 4.78 is 0. The number of hydrogen-bond acceptors (Lipinski definition) is 2. The molecule has 0 aliphatic rings. The molecule has 2 aromatic rings. The molecule has 0 saturated heterocycles. The zero-order chi connectivity index (χ0) is 13.1. The van der Waals surface area contributed by atoms with E-state index < -0.39 is 0 Å². The first-order chi connectivity index (χ1) is 8.63. The third kappa shape index (κ3) is 2.28. The molecule has 0 radical (unpaired) electrons. The van der Waals surface area contributed by atoms with Gasteiger partial charge in [0.15, 0.2) is 0 Å². The van der Waals surface area contributed by atoms with Crippen molar-refractivity contribution < 1.29 is 0 Å². The number of rotatable bonds is 3. The highest BCUT2D eigenvalue weighted by atomic mass is 14.9. The first kappa shape index (κ1) is 12.4. The van der Waals surface area contributed by atoms with Crippen LogP contribution in [0.5, 0.6) is 0 Å². The number of nitrogens with zero attached hydrogens (tertiary/aromatic N) is 2. The summed E-state index contributed by atoms with van der Waals surface area (Å²) in [5.41, 5.74) is 3.31. The van der Waals surface area contributed by atoms with Crippen LogP contribution >= 0.6 is 0 Å². The minimum Gasteiger partial charge on any atom is -0.341 e. The Kier molecular flexibility index (Phi) is 3.47. The zero-order valence-corrected chi connectivity index (χ0v) is 10.9. The Balaban J connectivity index is 2.37. The zero-order valence-electron chi connectivity index (χ0n) is 10.9. The summed E-state index contributed by atoms with van der Waals surface area (Å²) in [6, 6.07) is 10.5. The average Bonchev–Trinajstić information content (AvgIpc) is 2.79. The van der Waals surface area contributed by atoms with Crippen molar-refractivity contribution >= 4 is 0 Å². The van der Waals surface area contributed by atoms with Crippen LogP contribution in [-0.2, 0) is 0 Å². The molecule has 3 nitrogen and oxygen atoms in total. The van der Waals surface area contributed by atoms with Gasteiger partial charge in [-0.25, -0.2) is 4.98 Å². The monoisotopic (exact) mass is 239 g/mol. The van der Waals surface area contributed by atoms with Gasteiger partial charge in [0, 0.05) is 5.56 Å². The van der Waals surface area contributed by atoms with Gasteiger partial charge in [-0.05, 0) is 18.4 Å². The Morgan fingerprint density at radius 2 is 2.00 bits per heavy atom. The van der Waals surface area contributed by atoms with Crippen molar-refractivity contribution in [2.24, 2.45) is 5.92 Å². The van der Waals surface area contributed by atoms with E-state index in [0.717, 1.165) is 17.1 Å². The maximum Gasteiger partial charge on any atom is 0.124 e. The number of imidazole rings is 1. The fraction of sp³-hybridized carbons (Fsp3) is 0.333. The number of benzene rings is 1. The van der Waals surface area contributed by atoms with Crippen molar-refractivity contribution in [1.82, 2.24) is 9.97 Å². The van der Waals surface area contributed by atoms with Gasteiger partial charge in [-0.1, -0.05) is 38.1 Å². The largest absolute Gasteiger partial charge is 0.341 e. The molecule has 2 rings (SSSR count). The molecule has 1 atom stereocenters. The smallest absolute Gasteiger partial charge is 0.124 e. The van der Waals surface area contributed by atoms with E-state index in [2.05, 4.69) is 35.1 Å². The van der Waals surface area contributed by atoms with Gasteiger partial charge in [0.1, 0.15) is 11.7 Å². The fourth-order valence-corrected chi connectivity index (χ4v) is 2.03. The molecule has 0 saturated carbocycles. The lowest BCUT2D eigenvalue weighted by Crippen LogP contribution is -2.05. The molecule has 1 aromatic heterocycles. The summed E-state index contributed by atoms with van der Waals surface area (Å²) >= 11 is 0. The molecule has 0 fully saturated rings. The lowest BCUT2D eigenvalue weighted by atomic mass is 9.97. The minimum atomic E-state index is -0.178. The van der Waals surface area contributed by atoms with Crippen LogP contribution in [0.3, 0.4) is 0 Å². The van der Waals surface area contributed by atoms with Crippen molar-refractivity contribution in [3.05, 3.63) is 41.9 Å². The maximum atomic E-state index is 9.17. The van der Waals surface area contributed by atoms with Gasteiger partial charge in [-0.2, -0.15) is 5.26 Å². The molecule has 0 bridgehead atoms. The van der Waals surface area contributed by atoms with E-state index in [1.807, 2.05) is 32.2 Å². The standard InChI is InChI=1S/C15H17N3/c1-10(2)13(8-16)15-17-9-14(18-15)12-7-5-4-6-11(12)3/h4-7,9-10,13H,1-3H3,(H,17,18). The van der Waals surface area contributed by atoms with E-state index in [9.17, 15) is 5.26 Å². The predicted molar refractivity (Wildman–Crippen MR) is 72.0 cm³/mol. The lowest BCUT2D eigenvalue weighted by molar-refractivity contribution is 0.566. The number of nitriles is 1. The van der Waals surface area contributed by atoms with Crippen molar-refractivity contribution in [3.8, 4) is 17.3 Å². The molecule has 0 amide bonds. The number of aromatic amines is 1. The van der Waals surface area contributed by atoms with Crippen LogP contribution in [0.1, 0.15) is 31.2 Å². The second-order valence-corrected chi connectivity index (χ2v) is 4.85. The fourth-order valence-electron chi connectivity index (χ4n) is 2.03. The van der Waals surface area contributed by atoms with Crippen molar-refractivity contribution in [2.75, 3.05) is 0 Å². The number of H-pyrrole nitrogens is 1. The number of hydrogen-bond donors (Lipinski definition) is 1. The van der Waals surface area contributed by atoms with Crippen LogP contribution in [-0.4, -0.2) is 9.97 Å². The van der Waals surface area contributed by atoms with Crippen LogP contribution in [0.4, 0.5) is 0 Å². The van der Waals surface area contributed by atoms with Gasteiger partial charge in [-0.15, -0.1) is 0 Å². The molecule has 18 heavy (non-hydrogen) atoms. The second kappa shape index (κ2) is 5.05. The topological polar surface area (TPSA) is 52.5 Å². The molecule has 1 N–H and O–H groups in total. The minimum absolute atomic E-state index is 0.178. The molecule has 0 aliphatic heterocycles. The molecule has 1 heterocycles. The van der Waals surface area contributed by atoms with E-state index in [1.54, 1.807) is 0 Å². The highest BCUT2D eigenvalue weighted by Gasteiger charge is 2.18. The molecule has 3 heteroatoms.